The van der Waals surface area contributed by atoms with Gasteiger partial charge < -0.3 is 15.4 Å². The van der Waals surface area contributed by atoms with E-state index in [1.54, 1.807) is 25.3 Å². The molecule has 22 heavy (non-hydrogen) atoms. The minimum atomic E-state index is 0.469. The topological polar surface area (TPSA) is 33.3 Å². The van der Waals surface area contributed by atoms with E-state index in [4.69, 9.17) is 28.6 Å². The fourth-order valence-electron chi connectivity index (χ4n) is 2.04. The molecule has 0 amide bonds. The Hall–Kier alpha value is -1.78. The molecule has 0 spiro atoms. The average molecular weight is 335 g/mol. The minimum absolute atomic E-state index is 0.469. The number of nitrogens with one attached hydrogen (secondary N) is 2. The van der Waals surface area contributed by atoms with Crippen LogP contribution >= 0.6 is 23.8 Å². The lowest BCUT2D eigenvalue weighted by Gasteiger charge is -2.15. The molecule has 2 rings (SSSR count). The molecular weight excluding hydrogens is 316 g/mol. The summed E-state index contributed by atoms with van der Waals surface area (Å²) in [6, 6.07) is 13.5. The number of rotatable bonds is 4. The fraction of sp³-hybridized carbons (Fsp3) is 0.235. The van der Waals surface area contributed by atoms with Crippen molar-refractivity contribution in [3.63, 3.8) is 0 Å². The Bertz CT molecular complexity index is 673. The van der Waals surface area contributed by atoms with Gasteiger partial charge in [0.25, 0.3) is 0 Å². The Kier molecular flexibility index (Phi) is 5.63. The first kappa shape index (κ1) is 16.6. The van der Waals surface area contributed by atoms with Crippen LogP contribution in [0, 0.1) is 0 Å². The first-order valence-electron chi connectivity index (χ1n) is 7.01. The van der Waals surface area contributed by atoms with E-state index in [0.717, 1.165) is 11.4 Å². The van der Waals surface area contributed by atoms with Gasteiger partial charge in [-0.1, -0.05) is 37.6 Å². The fourth-order valence-corrected chi connectivity index (χ4v) is 2.44. The highest BCUT2D eigenvalue weighted by Crippen LogP contribution is 2.28. The molecule has 5 heteroatoms. The van der Waals surface area contributed by atoms with Crippen molar-refractivity contribution in [1.82, 2.24) is 0 Å². The normalized spacial score (nSPS) is 10.4. The zero-order valence-corrected chi connectivity index (χ0v) is 14.4. The van der Waals surface area contributed by atoms with E-state index in [9.17, 15) is 0 Å². The van der Waals surface area contributed by atoms with E-state index in [-0.39, 0.29) is 0 Å². The third-order valence-electron chi connectivity index (χ3n) is 3.22. The quantitative estimate of drug-likeness (QED) is 0.745. The monoisotopic (exact) mass is 334 g/mol. The minimum Gasteiger partial charge on any atom is -0.495 e. The van der Waals surface area contributed by atoms with Crippen LogP contribution in [0.5, 0.6) is 5.75 Å². The summed E-state index contributed by atoms with van der Waals surface area (Å²) in [5.41, 5.74) is 2.94. The lowest BCUT2D eigenvalue weighted by atomic mass is 10.0. The van der Waals surface area contributed by atoms with E-state index in [1.807, 2.05) is 12.1 Å². The number of benzene rings is 2. The number of methoxy groups -OCH3 is 1. The predicted octanol–water partition coefficient (Wildman–Crippen LogP) is 5.28. The van der Waals surface area contributed by atoms with Crippen molar-refractivity contribution in [2.75, 3.05) is 17.7 Å². The van der Waals surface area contributed by atoms with Crippen LogP contribution in [-0.2, 0) is 0 Å². The van der Waals surface area contributed by atoms with Gasteiger partial charge in [0, 0.05) is 10.7 Å². The Balaban J connectivity index is 2.10. The zero-order valence-electron chi connectivity index (χ0n) is 12.8. The van der Waals surface area contributed by atoms with Crippen molar-refractivity contribution in [2.24, 2.45) is 0 Å². The zero-order chi connectivity index (χ0) is 16.1. The van der Waals surface area contributed by atoms with Crippen molar-refractivity contribution < 1.29 is 4.74 Å². The third kappa shape index (κ3) is 4.36. The maximum atomic E-state index is 6.01. The van der Waals surface area contributed by atoms with Crippen LogP contribution in [0.25, 0.3) is 0 Å². The van der Waals surface area contributed by atoms with E-state index >= 15 is 0 Å². The van der Waals surface area contributed by atoms with Crippen molar-refractivity contribution in [3.05, 3.63) is 53.1 Å². The highest BCUT2D eigenvalue weighted by Gasteiger charge is 2.07. The standard InChI is InChI=1S/C17H19ClN2OS/c1-11(2)12-5-4-6-14(9-12)19-17(22)20-15-10-13(18)7-8-16(15)21-3/h4-11H,1-3H3,(H2,19,20,22). The third-order valence-corrected chi connectivity index (χ3v) is 3.66. The predicted molar refractivity (Wildman–Crippen MR) is 98.4 cm³/mol. The van der Waals surface area contributed by atoms with Crippen LogP contribution in [0.4, 0.5) is 11.4 Å². The van der Waals surface area contributed by atoms with Crippen molar-refractivity contribution >= 4 is 40.3 Å². The highest BCUT2D eigenvalue weighted by molar-refractivity contribution is 7.80. The van der Waals surface area contributed by atoms with Gasteiger partial charge in [0.15, 0.2) is 5.11 Å². The van der Waals surface area contributed by atoms with Crippen LogP contribution < -0.4 is 15.4 Å². The summed E-state index contributed by atoms with van der Waals surface area (Å²) < 4.78 is 5.29. The molecule has 2 aromatic rings. The van der Waals surface area contributed by atoms with Gasteiger partial charge in [0.05, 0.1) is 12.8 Å². The van der Waals surface area contributed by atoms with Gasteiger partial charge in [0.2, 0.25) is 0 Å². The number of hydrogen-bond donors (Lipinski definition) is 2. The van der Waals surface area contributed by atoms with E-state index in [1.165, 1.54) is 5.56 Å². The van der Waals surface area contributed by atoms with Gasteiger partial charge in [-0.2, -0.15) is 0 Å². The second-order valence-corrected chi connectivity index (χ2v) is 6.05. The molecule has 3 nitrogen and oxygen atoms in total. The van der Waals surface area contributed by atoms with Gasteiger partial charge in [-0.3, -0.25) is 0 Å². The molecule has 116 valence electrons. The summed E-state index contributed by atoms with van der Waals surface area (Å²) in [6.07, 6.45) is 0. The van der Waals surface area contributed by atoms with E-state index in [2.05, 4.69) is 36.6 Å². The van der Waals surface area contributed by atoms with Gasteiger partial charge >= 0.3 is 0 Å². The van der Waals surface area contributed by atoms with Gasteiger partial charge in [-0.25, -0.2) is 0 Å². The summed E-state index contributed by atoms with van der Waals surface area (Å²) in [5.74, 6) is 1.15. The maximum Gasteiger partial charge on any atom is 0.175 e. The molecule has 2 aromatic carbocycles. The summed E-state index contributed by atoms with van der Waals surface area (Å²) in [4.78, 5) is 0. The van der Waals surface area contributed by atoms with Crippen LogP contribution in [0.1, 0.15) is 25.3 Å². The Morgan fingerprint density at radius 3 is 2.59 bits per heavy atom. The molecule has 0 aliphatic rings. The summed E-state index contributed by atoms with van der Waals surface area (Å²) in [6.45, 7) is 4.32. The summed E-state index contributed by atoms with van der Waals surface area (Å²) in [5, 5.41) is 7.39. The number of halogens is 1. The van der Waals surface area contributed by atoms with E-state index < -0.39 is 0 Å². The number of ether oxygens (including phenoxy) is 1. The molecule has 0 saturated heterocycles. The molecule has 0 aliphatic heterocycles. The Labute approximate surface area is 141 Å². The first-order chi connectivity index (χ1) is 10.5. The molecular formula is C17H19ClN2OS. The maximum absolute atomic E-state index is 6.01. The van der Waals surface area contributed by atoms with Gasteiger partial charge in [-0.05, 0) is 54.0 Å². The number of thiocarbonyl (C=S) groups is 1. The summed E-state index contributed by atoms with van der Waals surface area (Å²) in [7, 11) is 1.61. The molecule has 0 fully saturated rings. The molecule has 0 bridgehead atoms. The molecule has 0 atom stereocenters. The van der Waals surface area contributed by atoms with Gasteiger partial charge in [0.1, 0.15) is 5.75 Å². The lowest BCUT2D eigenvalue weighted by molar-refractivity contribution is 0.417. The smallest absolute Gasteiger partial charge is 0.175 e. The first-order valence-corrected chi connectivity index (χ1v) is 7.79. The Morgan fingerprint density at radius 2 is 1.91 bits per heavy atom. The van der Waals surface area contributed by atoms with Crippen LogP contribution in [0.3, 0.4) is 0 Å². The van der Waals surface area contributed by atoms with Crippen LogP contribution in [0.2, 0.25) is 5.02 Å². The van der Waals surface area contributed by atoms with E-state index in [0.29, 0.717) is 21.8 Å². The molecule has 0 saturated carbocycles. The van der Waals surface area contributed by atoms with Crippen LogP contribution in [-0.4, -0.2) is 12.2 Å². The second-order valence-electron chi connectivity index (χ2n) is 5.20. The molecule has 0 radical (unpaired) electrons. The van der Waals surface area contributed by atoms with Crippen molar-refractivity contribution in [2.45, 2.75) is 19.8 Å². The Morgan fingerprint density at radius 1 is 1.14 bits per heavy atom. The molecule has 0 unspecified atom stereocenters. The number of hydrogen-bond acceptors (Lipinski definition) is 2. The molecule has 0 aliphatic carbocycles. The molecule has 0 aromatic heterocycles. The number of anilines is 2. The van der Waals surface area contributed by atoms with Crippen LogP contribution in [0.15, 0.2) is 42.5 Å². The molecule has 0 heterocycles. The second kappa shape index (κ2) is 7.47. The average Bonchev–Trinajstić information content (AvgIpc) is 2.47. The van der Waals surface area contributed by atoms with Crippen molar-refractivity contribution in [1.29, 1.82) is 0 Å². The largest absolute Gasteiger partial charge is 0.495 e. The SMILES string of the molecule is COc1ccc(Cl)cc1NC(=S)Nc1cccc(C(C)C)c1. The van der Waals surface area contributed by atoms with Gasteiger partial charge in [-0.15, -0.1) is 0 Å². The summed E-state index contributed by atoms with van der Waals surface area (Å²) >= 11 is 11.4. The van der Waals surface area contributed by atoms with Crippen molar-refractivity contribution in [3.8, 4) is 5.75 Å². The lowest BCUT2D eigenvalue weighted by Crippen LogP contribution is -2.19. The molecule has 2 N–H and O–H groups in total. The highest BCUT2D eigenvalue weighted by atomic mass is 35.5.